The zero-order valence-electron chi connectivity index (χ0n) is 14.8. The number of halogens is 2. The normalized spacial score (nSPS) is 10.4. The summed E-state index contributed by atoms with van der Waals surface area (Å²) in [4.78, 5) is 11.9. The maximum Gasteiger partial charge on any atom is 0.326 e. The molecule has 0 aliphatic rings. The minimum atomic E-state index is -0.378. The van der Waals surface area contributed by atoms with Crippen LogP contribution >= 0.6 is 0 Å². The molecule has 0 fully saturated rings. The van der Waals surface area contributed by atoms with Crippen molar-refractivity contribution in [3.63, 3.8) is 0 Å². The average molecular weight is 393 g/mol. The topological polar surface area (TPSA) is 69.2 Å². The Hall–Kier alpha value is -2.80. The molecule has 8 heteroatoms. The van der Waals surface area contributed by atoms with Gasteiger partial charge in [-0.2, -0.15) is 0 Å². The van der Waals surface area contributed by atoms with E-state index in [4.69, 9.17) is 14.9 Å². The predicted molar refractivity (Wildman–Crippen MR) is 94.3 cm³/mol. The second-order valence-corrected chi connectivity index (χ2v) is 5.66. The number of aromatic nitrogens is 2. The van der Waals surface area contributed by atoms with Gasteiger partial charge in [-0.05, 0) is 43.3 Å². The van der Waals surface area contributed by atoms with Gasteiger partial charge >= 0.3 is 5.97 Å². The third-order valence-corrected chi connectivity index (χ3v) is 3.96. The van der Waals surface area contributed by atoms with Crippen molar-refractivity contribution in [3.05, 3.63) is 60.0 Å². The van der Waals surface area contributed by atoms with Gasteiger partial charge in [0.25, 0.3) is 0 Å². The number of nitrogens with zero attached hydrogens (tertiary/aromatic N) is 2. The Balaban J connectivity index is 0.00000261. The number of carbonyl (C=O) groups is 1. The second-order valence-electron chi connectivity index (χ2n) is 5.66. The van der Waals surface area contributed by atoms with Crippen molar-refractivity contribution in [1.82, 2.24) is 9.13 Å². The Morgan fingerprint density at radius 3 is 2.33 bits per heavy atom. The minimum absolute atomic E-state index is 0. The van der Waals surface area contributed by atoms with Gasteiger partial charge in [0.1, 0.15) is 24.7 Å². The summed E-state index contributed by atoms with van der Waals surface area (Å²) < 4.78 is 27.0. The lowest BCUT2D eigenvalue weighted by Crippen LogP contribution is -3.00. The number of hydrogen-bond donors (Lipinski definition) is 1. The van der Waals surface area contributed by atoms with Gasteiger partial charge in [0.05, 0.1) is 24.2 Å². The monoisotopic (exact) mass is 392 g/mol. The number of fused-ring (bicyclic) bond motifs is 1. The summed E-state index contributed by atoms with van der Waals surface area (Å²) in [5.74, 6) is -0.132. The molecule has 0 saturated carbocycles. The standard InChI is InChI=1S/C19H20FN3O3.ClH/c1-2-25-18(24)13-23-17-6-4-3-5-16(17)22(19(23)21)11-12-26-15-9-7-14(20)8-10-15;/h3-10,21H,2,11-13H2,1H3;1H/p-1. The van der Waals surface area contributed by atoms with Gasteiger partial charge < -0.3 is 26.4 Å². The number of nitrogens with one attached hydrogen (secondary N) is 1. The van der Waals surface area contributed by atoms with Crippen LogP contribution < -0.4 is 22.8 Å². The van der Waals surface area contributed by atoms with Crippen LogP contribution in [0.1, 0.15) is 6.92 Å². The lowest BCUT2D eigenvalue weighted by atomic mass is 10.3. The van der Waals surface area contributed by atoms with E-state index in [0.29, 0.717) is 25.5 Å². The van der Waals surface area contributed by atoms with Gasteiger partial charge in [0.2, 0.25) is 5.62 Å². The molecular weight excluding hydrogens is 373 g/mol. The lowest BCUT2D eigenvalue weighted by molar-refractivity contribution is -0.143. The van der Waals surface area contributed by atoms with Gasteiger partial charge in [-0.1, -0.05) is 12.1 Å². The third kappa shape index (κ3) is 4.68. The molecule has 1 aromatic heterocycles. The fourth-order valence-electron chi connectivity index (χ4n) is 2.80. The van der Waals surface area contributed by atoms with E-state index in [1.807, 2.05) is 24.3 Å². The van der Waals surface area contributed by atoms with Crippen LogP contribution in [0.2, 0.25) is 0 Å². The molecule has 0 spiro atoms. The van der Waals surface area contributed by atoms with Gasteiger partial charge in [-0.15, -0.1) is 0 Å². The molecule has 3 rings (SSSR count). The molecule has 0 aliphatic heterocycles. The van der Waals surface area contributed by atoms with E-state index in [1.54, 1.807) is 28.2 Å². The van der Waals surface area contributed by atoms with Crippen molar-refractivity contribution in [2.75, 3.05) is 13.2 Å². The van der Waals surface area contributed by atoms with Crippen LogP contribution in [0.25, 0.3) is 11.0 Å². The molecule has 0 amide bonds. The highest BCUT2D eigenvalue weighted by atomic mass is 35.5. The molecule has 1 heterocycles. The number of rotatable bonds is 7. The first-order valence-corrected chi connectivity index (χ1v) is 8.36. The first-order chi connectivity index (χ1) is 12.6. The largest absolute Gasteiger partial charge is 1.00 e. The molecule has 0 radical (unpaired) electrons. The number of hydrogen-bond acceptors (Lipinski definition) is 4. The van der Waals surface area contributed by atoms with Crippen molar-refractivity contribution in [1.29, 1.82) is 5.41 Å². The van der Waals surface area contributed by atoms with Crippen LogP contribution in [0.3, 0.4) is 0 Å². The molecule has 6 nitrogen and oxygen atoms in total. The Kier molecular flexibility index (Phi) is 7.01. The minimum Gasteiger partial charge on any atom is -1.00 e. The number of ether oxygens (including phenoxy) is 2. The van der Waals surface area contributed by atoms with Gasteiger partial charge in [0.15, 0.2) is 0 Å². The molecule has 3 aromatic rings. The molecule has 0 aliphatic carbocycles. The molecule has 0 bridgehead atoms. The molecule has 1 N–H and O–H groups in total. The van der Waals surface area contributed by atoms with Crippen LogP contribution in [0, 0.1) is 11.2 Å². The first-order valence-electron chi connectivity index (χ1n) is 8.36. The second kappa shape index (κ2) is 9.23. The third-order valence-electron chi connectivity index (χ3n) is 3.96. The summed E-state index contributed by atoms with van der Waals surface area (Å²) in [7, 11) is 0. The summed E-state index contributed by atoms with van der Waals surface area (Å²) in [6.45, 7) is 2.78. The summed E-state index contributed by atoms with van der Waals surface area (Å²) >= 11 is 0. The first kappa shape index (κ1) is 20.5. The van der Waals surface area contributed by atoms with Crippen molar-refractivity contribution in [2.45, 2.75) is 20.0 Å². The molecule has 144 valence electrons. The fraction of sp³-hybridized carbons (Fsp3) is 0.263. The number of benzene rings is 2. The highest BCUT2D eigenvalue weighted by molar-refractivity contribution is 5.78. The van der Waals surface area contributed by atoms with Crippen molar-refractivity contribution in [2.24, 2.45) is 0 Å². The molecular formula is C19H20ClFN3O3-. The van der Waals surface area contributed by atoms with Gasteiger partial charge in [-0.3, -0.25) is 14.8 Å². The number of imidazole rings is 1. The van der Waals surface area contributed by atoms with Gasteiger partial charge in [0, 0.05) is 0 Å². The molecule has 27 heavy (non-hydrogen) atoms. The summed E-state index contributed by atoms with van der Waals surface area (Å²) in [5.41, 5.74) is 1.82. The Morgan fingerprint density at radius 1 is 1.07 bits per heavy atom. The maximum atomic E-state index is 12.9. The highest BCUT2D eigenvalue weighted by Crippen LogP contribution is 2.14. The van der Waals surface area contributed by atoms with Crippen molar-refractivity contribution in [3.8, 4) is 5.75 Å². The zero-order chi connectivity index (χ0) is 18.5. The van der Waals surface area contributed by atoms with Crippen LogP contribution in [-0.2, 0) is 22.6 Å². The Morgan fingerprint density at radius 2 is 1.70 bits per heavy atom. The average Bonchev–Trinajstić information content (AvgIpc) is 2.89. The smallest absolute Gasteiger partial charge is 0.326 e. The van der Waals surface area contributed by atoms with E-state index >= 15 is 0 Å². The number of carbonyl (C=O) groups excluding carboxylic acids is 1. The van der Waals surface area contributed by atoms with Crippen LogP contribution in [0.15, 0.2) is 48.5 Å². The Bertz CT molecular complexity index is 966. The van der Waals surface area contributed by atoms with E-state index < -0.39 is 0 Å². The van der Waals surface area contributed by atoms with Crippen LogP contribution in [0.5, 0.6) is 5.75 Å². The summed E-state index contributed by atoms with van der Waals surface area (Å²) in [6, 6.07) is 13.3. The van der Waals surface area contributed by atoms with Crippen LogP contribution in [-0.4, -0.2) is 28.3 Å². The predicted octanol–water partition coefficient (Wildman–Crippen LogP) is -0.293. The van der Waals surface area contributed by atoms with E-state index in [9.17, 15) is 9.18 Å². The van der Waals surface area contributed by atoms with E-state index in [0.717, 1.165) is 11.0 Å². The molecule has 0 saturated heterocycles. The van der Waals surface area contributed by atoms with Crippen molar-refractivity contribution >= 4 is 17.0 Å². The van der Waals surface area contributed by atoms with E-state index in [2.05, 4.69) is 0 Å². The van der Waals surface area contributed by atoms with E-state index in [1.165, 1.54) is 12.1 Å². The molecule has 2 aromatic carbocycles. The molecule has 0 atom stereocenters. The van der Waals surface area contributed by atoms with Crippen molar-refractivity contribution < 1.29 is 31.1 Å². The number of esters is 1. The van der Waals surface area contributed by atoms with Gasteiger partial charge in [-0.25, -0.2) is 4.39 Å². The van der Waals surface area contributed by atoms with Crippen LogP contribution in [0.4, 0.5) is 4.39 Å². The summed E-state index contributed by atoms with van der Waals surface area (Å²) in [6.07, 6.45) is 0. The maximum absolute atomic E-state index is 12.9. The Labute approximate surface area is 162 Å². The summed E-state index contributed by atoms with van der Waals surface area (Å²) in [5, 5.41) is 8.42. The SMILES string of the molecule is CCOC(=O)Cn1c(=N)n(CCOc2ccc(F)cc2)c2ccccc21.[Cl-]. The van der Waals surface area contributed by atoms with E-state index in [-0.39, 0.29) is 36.4 Å². The highest BCUT2D eigenvalue weighted by Gasteiger charge is 2.13. The fourth-order valence-corrected chi connectivity index (χ4v) is 2.80. The number of para-hydroxylation sites is 2. The zero-order valence-corrected chi connectivity index (χ0v) is 15.6. The quantitative estimate of drug-likeness (QED) is 0.562. The lowest BCUT2D eigenvalue weighted by Gasteiger charge is -2.08. The molecule has 0 unspecified atom stereocenters.